The average Bonchev–Trinajstić information content (AvgIpc) is 2.55. The number of nitrogens with one attached hydrogen (secondary N) is 1. The number of aromatic nitrogens is 2. The van der Waals surface area contributed by atoms with Crippen LogP contribution in [-0.2, 0) is 14.3 Å². The van der Waals surface area contributed by atoms with E-state index in [9.17, 15) is 4.79 Å². The van der Waals surface area contributed by atoms with Crippen molar-refractivity contribution < 1.29 is 14.3 Å². The number of rotatable bonds is 6. The molecule has 1 atom stereocenters. The Bertz CT molecular complexity index is 535. The minimum Gasteiger partial charge on any atom is -0.465 e. The van der Waals surface area contributed by atoms with Gasteiger partial charge in [-0.05, 0) is 48.5 Å². The van der Waals surface area contributed by atoms with Crippen LogP contribution in [0.15, 0.2) is 10.8 Å². The van der Waals surface area contributed by atoms with Gasteiger partial charge in [-0.3, -0.25) is 4.98 Å². The van der Waals surface area contributed by atoms with Crippen LogP contribution in [0.4, 0.5) is 5.82 Å². The first-order chi connectivity index (χ1) is 11.0. The van der Waals surface area contributed by atoms with E-state index < -0.39 is 12.0 Å². The quantitative estimate of drug-likeness (QED) is 0.722. The molecule has 1 aliphatic carbocycles. The van der Waals surface area contributed by atoms with Crippen LogP contribution in [0.2, 0.25) is 0 Å². The average molecular weight is 387 g/mol. The Morgan fingerprint density at radius 2 is 2.17 bits per heavy atom. The summed E-state index contributed by atoms with van der Waals surface area (Å²) in [6, 6.07) is -0.688. The van der Waals surface area contributed by atoms with Crippen molar-refractivity contribution in [2.45, 2.75) is 50.8 Å². The number of ether oxygens (including phenoxy) is 2. The molecule has 1 aromatic rings. The van der Waals surface area contributed by atoms with Gasteiger partial charge in [0, 0.05) is 13.2 Å². The number of carbonyl (C=O) groups excluding carboxylic acids is 1. The topological polar surface area (TPSA) is 99.4 Å². The van der Waals surface area contributed by atoms with Crippen molar-refractivity contribution in [3.8, 4) is 0 Å². The number of nitrogens with two attached hydrogens (primary N) is 1. The molecule has 8 heteroatoms. The third kappa shape index (κ3) is 4.86. The van der Waals surface area contributed by atoms with Crippen LogP contribution in [0.25, 0.3) is 0 Å². The Balaban J connectivity index is 2.11. The van der Waals surface area contributed by atoms with Crippen LogP contribution in [0.3, 0.4) is 0 Å². The molecule has 1 aliphatic rings. The number of carbonyl (C=O) groups is 1. The molecule has 0 spiro atoms. The van der Waals surface area contributed by atoms with Crippen molar-refractivity contribution in [3.05, 3.63) is 16.5 Å². The molecule has 0 bridgehead atoms. The molecular formula is C15H23BrN4O3. The van der Waals surface area contributed by atoms with E-state index in [4.69, 9.17) is 15.2 Å². The fraction of sp³-hybridized carbons (Fsp3) is 0.667. The lowest BCUT2D eigenvalue weighted by molar-refractivity contribution is -0.144. The maximum absolute atomic E-state index is 11.9. The first-order valence-corrected chi connectivity index (χ1v) is 8.58. The molecule has 2 rings (SSSR count). The zero-order valence-corrected chi connectivity index (χ0v) is 15.0. The molecule has 128 valence electrons. The molecule has 3 N–H and O–H groups in total. The lowest BCUT2D eigenvalue weighted by atomic mass is 9.93. The summed E-state index contributed by atoms with van der Waals surface area (Å²) in [7, 11) is 1.74. The fourth-order valence-electron chi connectivity index (χ4n) is 2.69. The van der Waals surface area contributed by atoms with Gasteiger partial charge in [0.1, 0.15) is 16.3 Å². The van der Waals surface area contributed by atoms with Gasteiger partial charge in [0.15, 0.2) is 5.82 Å². The molecule has 1 aromatic heterocycles. The number of hydrogen-bond donors (Lipinski definition) is 2. The van der Waals surface area contributed by atoms with Crippen LogP contribution in [0.1, 0.15) is 44.3 Å². The van der Waals surface area contributed by atoms with Crippen molar-refractivity contribution in [2.75, 3.05) is 19.0 Å². The van der Waals surface area contributed by atoms with Crippen molar-refractivity contribution in [1.29, 1.82) is 0 Å². The monoisotopic (exact) mass is 386 g/mol. The van der Waals surface area contributed by atoms with Gasteiger partial charge < -0.3 is 20.5 Å². The third-order valence-electron chi connectivity index (χ3n) is 3.95. The van der Waals surface area contributed by atoms with Crippen molar-refractivity contribution in [3.63, 3.8) is 0 Å². The Morgan fingerprint density at radius 1 is 1.48 bits per heavy atom. The second kappa shape index (κ2) is 8.56. The van der Waals surface area contributed by atoms with E-state index >= 15 is 0 Å². The maximum atomic E-state index is 11.9. The minimum absolute atomic E-state index is 0.262. The molecule has 1 unspecified atom stereocenters. The normalized spacial score (nSPS) is 22.4. The number of methoxy groups -OCH3 is 1. The van der Waals surface area contributed by atoms with Gasteiger partial charge in [-0.2, -0.15) is 0 Å². The molecule has 1 saturated carbocycles. The van der Waals surface area contributed by atoms with E-state index in [0.717, 1.165) is 25.7 Å². The molecule has 0 aromatic carbocycles. The highest BCUT2D eigenvalue weighted by molar-refractivity contribution is 9.10. The molecule has 0 saturated heterocycles. The van der Waals surface area contributed by atoms with Gasteiger partial charge in [0.25, 0.3) is 0 Å². The van der Waals surface area contributed by atoms with E-state index in [1.54, 1.807) is 14.0 Å². The highest BCUT2D eigenvalue weighted by atomic mass is 79.9. The molecule has 0 radical (unpaired) electrons. The van der Waals surface area contributed by atoms with Gasteiger partial charge in [-0.1, -0.05) is 0 Å². The summed E-state index contributed by atoms with van der Waals surface area (Å²) in [6.45, 7) is 2.02. The predicted octanol–water partition coefficient (Wildman–Crippen LogP) is 2.17. The molecule has 0 aliphatic heterocycles. The van der Waals surface area contributed by atoms with Crippen LogP contribution >= 0.6 is 15.9 Å². The first kappa shape index (κ1) is 18.1. The van der Waals surface area contributed by atoms with E-state index in [1.165, 1.54) is 6.20 Å². The lowest BCUT2D eigenvalue weighted by Crippen LogP contribution is -2.32. The van der Waals surface area contributed by atoms with Crippen LogP contribution in [-0.4, -0.2) is 41.8 Å². The summed E-state index contributed by atoms with van der Waals surface area (Å²) in [6.07, 6.45) is 5.79. The van der Waals surface area contributed by atoms with Crippen molar-refractivity contribution in [2.24, 2.45) is 5.73 Å². The van der Waals surface area contributed by atoms with E-state index in [1.807, 2.05) is 0 Å². The zero-order valence-electron chi connectivity index (χ0n) is 13.4. The number of esters is 1. The van der Waals surface area contributed by atoms with Gasteiger partial charge in [0.2, 0.25) is 0 Å². The summed E-state index contributed by atoms with van der Waals surface area (Å²) in [5.74, 6) is 0.0241. The van der Waals surface area contributed by atoms with Crippen LogP contribution in [0, 0.1) is 0 Å². The zero-order chi connectivity index (χ0) is 16.8. The van der Waals surface area contributed by atoms with E-state index in [-0.39, 0.29) is 12.6 Å². The number of hydrogen-bond acceptors (Lipinski definition) is 7. The smallest absolute Gasteiger partial charge is 0.329 e. The van der Waals surface area contributed by atoms with Crippen LogP contribution in [0.5, 0.6) is 0 Å². The molecule has 1 heterocycles. The highest BCUT2D eigenvalue weighted by Gasteiger charge is 2.26. The second-order valence-electron chi connectivity index (χ2n) is 5.51. The standard InChI is InChI=1S/C15H23BrN4O3/c1-3-23-15(21)12(17)13-14(20-11(16)8-18-13)19-9-4-6-10(22-2)7-5-9/h8-10,12H,3-7,17H2,1-2H3,(H,19,20)/t9-,10-,12?. The SMILES string of the molecule is CCOC(=O)C(N)c1ncc(Br)nc1N[C@H]1CC[C@H](OC)CC1. The van der Waals surface area contributed by atoms with Gasteiger partial charge in [-0.25, -0.2) is 9.78 Å². The Hall–Kier alpha value is -1.25. The maximum Gasteiger partial charge on any atom is 0.329 e. The third-order valence-corrected chi connectivity index (χ3v) is 4.34. The Labute approximate surface area is 144 Å². The number of anilines is 1. The summed E-state index contributed by atoms with van der Waals surface area (Å²) < 4.78 is 10.9. The molecule has 7 nitrogen and oxygen atoms in total. The van der Waals surface area contributed by atoms with Gasteiger partial charge in [-0.15, -0.1) is 0 Å². The largest absolute Gasteiger partial charge is 0.465 e. The summed E-state index contributed by atoms with van der Waals surface area (Å²) in [5.41, 5.74) is 6.38. The number of nitrogens with zero attached hydrogens (tertiary/aromatic N) is 2. The molecular weight excluding hydrogens is 364 g/mol. The number of halogens is 1. The first-order valence-electron chi connectivity index (χ1n) is 7.79. The van der Waals surface area contributed by atoms with Gasteiger partial charge >= 0.3 is 5.97 Å². The molecule has 0 amide bonds. The lowest BCUT2D eigenvalue weighted by Gasteiger charge is -2.29. The highest BCUT2D eigenvalue weighted by Crippen LogP contribution is 2.26. The minimum atomic E-state index is -0.951. The summed E-state index contributed by atoms with van der Waals surface area (Å²) in [4.78, 5) is 20.5. The van der Waals surface area contributed by atoms with Crippen LogP contribution < -0.4 is 11.1 Å². The van der Waals surface area contributed by atoms with Gasteiger partial charge in [0.05, 0.1) is 18.9 Å². The fourth-order valence-corrected chi connectivity index (χ4v) is 2.97. The van der Waals surface area contributed by atoms with E-state index in [0.29, 0.717) is 22.2 Å². The summed E-state index contributed by atoms with van der Waals surface area (Å²) in [5, 5.41) is 3.37. The Morgan fingerprint density at radius 3 is 2.78 bits per heavy atom. The predicted molar refractivity (Wildman–Crippen MR) is 90.0 cm³/mol. The summed E-state index contributed by atoms with van der Waals surface area (Å²) >= 11 is 3.31. The molecule has 1 fully saturated rings. The van der Waals surface area contributed by atoms with Crippen molar-refractivity contribution in [1.82, 2.24) is 9.97 Å². The second-order valence-corrected chi connectivity index (χ2v) is 6.32. The Kier molecular flexibility index (Phi) is 6.73. The molecule has 23 heavy (non-hydrogen) atoms. The van der Waals surface area contributed by atoms with Crippen molar-refractivity contribution >= 4 is 27.7 Å². The van der Waals surface area contributed by atoms with E-state index in [2.05, 4.69) is 31.2 Å².